The lowest BCUT2D eigenvalue weighted by molar-refractivity contribution is -0.117. The Bertz CT molecular complexity index is 1290. The normalized spacial score (nSPS) is 12.4. The minimum atomic E-state index is -0.658. The van der Waals surface area contributed by atoms with Crippen LogP contribution in [0.4, 0.5) is 23.1 Å². The van der Waals surface area contributed by atoms with Crippen molar-refractivity contribution < 1.29 is 4.79 Å². The van der Waals surface area contributed by atoms with Gasteiger partial charge in [-0.25, -0.2) is 4.98 Å². The molecule has 3 aromatic carbocycles. The maximum atomic E-state index is 12.6. The highest BCUT2D eigenvalue weighted by Gasteiger charge is 2.15. The van der Waals surface area contributed by atoms with Crippen LogP contribution in [0.3, 0.4) is 0 Å². The molecule has 0 aliphatic rings. The highest BCUT2D eigenvalue weighted by molar-refractivity contribution is 6.35. The number of amides is 1. The summed E-state index contributed by atoms with van der Waals surface area (Å²) >= 11 is 0. The molecule has 180 valence electrons. The van der Waals surface area contributed by atoms with Crippen molar-refractivity contribution in [2.24, 2.45) is 5.73 Å². The van der Waals surface area contributed by atoms with E-state index in [1.807, 2.05) is 60.7 Å². The second kappa shape index (κ2) is 12.0. The predicted molar refractivity (Wildman–Crippen MR) is 147 cm³/mol. The molecule has 2 radical (unpaired) electrons. The molecule has 0 fully saturated rings. The zero-order valence-electron chi connectivity index (χ0n) is 20.2. The van der Waals surface area contributed by atoms with Gasteiger partial charge in [0.2, 0.25) is 11.9 Å². The van der Waals surface area contributed by atoms with Crippen LogP contribution in [0, 0.1) is 0 Å². The third kappa shape index (κ3) is 6.70. The number of carbonyl (C=O) groups is 1. The Morgan fingerprint density at radius 1 is 0.972 bits per heavy atom. The van der Waals surface area contributed by atoms with E-state index in [0.717, 1.165) is 23.2 Å². The topological polar surface area (TPSA) is 105 Å². The van der Waals surface area contributed by atoms with Crippen LogP contribution in [-0.2, 0) is 11.2 Å². The van der Waals surface area contributed by atoms with Gasteiger partial charge in [0.05, 0.1) is 12.1 Å². The van der Waals surface area contributed by atoms with Crippen LogP contribution in [-0.4, -0.2) is 29.8 Å². The van der Waals surface area contributed by atoms with Gasteiger partial charge in [0, 0.05) is 17.6 Å². The van der Waals surface area contributed by atoms with Crippen molar-refractivity contribution in [1.29, 1.82) is 0 Å². The molecule has 0 saturated heterocycles. The molecule has 1 heterocycles. The molecule has 1 amide bonds. The SMILES string of the molecule is [B]c1cnc(Nc2cccc(NC(=O)C(N)Cc3ccccc3)c2)nc1NC(CC)c1ccccc1. The van der Waals surface area contributed by atoms with Crippen molar-refractivity contribution in [3.05, 3.63) is 102 Å². The van der Waals surface area contributed by atoms with Crippen LogP contribution < -0.4 is 27.1 Å². The lowest BCUT2D eigenvalue weighted by atomic mass is 9.97. The molecule has 0 bridgehead atoms. The van der Waals surface area contributed by atoms with Crippen LogP contribution in [0.15, 0.2) is 91.1 Å². The van der Waals surface area contributed by atoms with Crippen molar-refractivity contribution in [2.75, 3.05) is 16.0 Å². The summed E-state index contributed by atoms with van der Waals surface area (Å²) < 4.78 is 0. The van der Waals surface area contributed by atoms with Crippen LogP contribution in [0.1, 0.15) is 30.5 Å². The Morgan fingerprint density at radius 3 is 2.39 bits per heavy atom. The first kappa shape index (κ1) is 24.9. The fraction of sp³-hybridized carbons (Fsp3) is 0.179. The van der Waals surface area contributed by atoms with Gasteiger partial charge in [0.25, 0.3) is 0 Å². The summed E-state index contributed by atoms with van der Waals surface area (Å²) in [5.41, 5.74) is 10.1. The smallest absolute Gasteiger partial charge is 0.241 e. The number of nitrogens with zero attached hydrogens (tertiary/aromatic N) is 2. The van der Waals surface area contributed by atoms with Gasteiger partial charge in [-0.15, -0.1) is 0 Å². The molecule has 7 nitrogen and oxygen atoms in total. The average Bonchev–Trinajstić information content (AvgIpc) is 2.90. The van der Waals surface area contributed by atoms with E-state index in [0.29, 0.717) is 29.3 Å². The van der Waals surface area contributed by atoms with E-state index in [1.165, 1.54) is 0 Å². The molecule has 2 unspecified atom stereocenters. The van der Waals surface area contributed by atoms with Gasteiger partial charge in [-0.3, -0.25) is 4.79 Å². The van der Waals surface area contributed by atoms with E-state index >= 15 is 0 Å². The van der Waals surface area contributed by atoms with E-state index in [2.05, 4.69) is 45.0 Å². The quantitative estimate of drug-likeness (QED) is 0.257. The molecule has 4 rings (SSSR count). The fourth-order valence-electron chi connectivity index (χ4n) is 3.84. The molecule has 0 aliphatic heterocycles. The lowest BCUT2D eigenvalue weighted by Crippen LogP contribution is -2.37. The second-order valence-electron chi connectivity index (χ2n) is 8.50. The molecule has 4 aromatic rings. The first-order chi connectivity index (χ1) is 17.5. The largest absolute Gasteiger partial charge is 0.364 e. The molecule has 2 atom stereocenters. The van der Waals surface area contributed by atoms with E-state index < -0.39 is 6.04 Å². The van der Waals surface area contributed by atoms with Crippen LogP contribution in [0.2, 0.25) is 0 Å². The minimum Gasteiger partial charge on any atom is -0.364 e. The number of nitrogens with two attached hydrogens (primary N) is 1. The Labute approximate surface area is 213 Å². The monoisotopic (exact) mass is 476 g/mol. The van der Waals surface area contributed by atoms with Gasteiger partial charge in [0.15, 0.2) is 0 Å². The maximum Gasteiger partial charge on any atom is 0.241 e. The van der Waals surface area contributed by atoms with Crippen LogP contribution >= 0.6 is 0 Å². The van der Waals surface area contributed by atoms with E-state index in [4.69, 9.17) is 13.6 Å². The average molecular weight is 476 g/mol. The molecule has 36 heavy (non-hydrogen) atoms. The van der Waals surface area contributed by atoms with Crippen LogP contribution in [0.25, 0.3) is 0 Å². The number of rotatable bonds is 10. The van der Waals surface area contributed by atoms with E-state index in [1.54, 1.807) is 18.3 Å². The van der Waals surface area contributed by atoms with Gasteiger partial charge in [-0.05, 0) is 47.6 Å². The molecule has 8 heteroatoms. The first-order valence-corrected chi connectivity index (χ1v) is 11.9. The molecular weight excluding hydrogens is 447 g/mol. The molecular formula is C28H29BN6O. The van der Waals surface area contributed by atoms with Gasteiger partial charge in [-0.2, -0.15) is 4.98 Å². The van der Waals surface area contributed by atoms with Crippen molar-refractivity contribution in [1.82, 2.24) is 9.97 Å². The van der Waals surface area contributed by atoms with E-state index in [9.17, 15) is 4.79 Å². The number of hydrogen-bond donors (Lipinski definition) is 4. The van der Waals surface area contributed by atoms with Gasteiger partial charge >= 0.3 is 0 Å². The predicted octanol–water partition coefficient (Wildman–Crippen LogP) is 4.09. The number of nitrogens with one attached hydrogen (secondary N) is 3. The summed E-state index contributed by atoms with van der Waals surface area (Å²) in [6.45, 7) is 2.10. The number of anilines is 4. The third-order valence-electron chi connectivity index (χ3n) is 5.76. The van der Waals surface area contributed by atoms with Crippen LogP contribution in [0.5, 0.6) is 0 Å². The van der Waals surface area contributed by atoms with Crippen molar-refractivity contribution in [3.8, 4) is 0 Å². The standard InChI is InChI=1S/C28H29BN6O/c1-2-25(20-12-7-4-8-13-20)34-26-23(29)18-31-28(35-26)33-22-15-9-14-21(17-22)32-27(36)24(30)16-19-10-5-3-6-11-19/h3-15,17-18,24-25H,2,16,30H2,1H3,(H,32,36)(H2,31,33,34,35). The molecule has 0 saturated carbocycles. The third-order valence-corrected chi connectivity index (χ3v) is 5.76. The maximum absolute atomic E-state index is 12.6. The summed E-state index contributed by atoms with van der Waals surface area (Å²) in [6, 6.07) is 26.6. The van der Waals surface area contributed by atoms with Crippen molar-refractivity contribution >= 4 is 42.4 Å². The highest BCUT2D eigenvalue weighted by Crippen LogP contribution is 2.22. The summed E-state index contributed by atoms with van der Waals surface area (Å²) in [6.07, 6.45) is 2.90. The highest BCUT2D eigenvalue weighted by atomic mass is 16.2. The summed E-state index contributed by atoms with van der Waals surface area (Å²) in [5.74, 6) is 0.691. The number of carbonyl (C=O) groups excluding carboxylic acids is 1. The summed E-state index contributed by atoms with van der Waals surface area (Å²) in [5, 5.41) is 9.49. The zero-order chi connectivity index (χ0) is 25.3. The Balaban J connectivity index is 1.42. The van der Waals surface area contributed by atoms with Gasteiger partial charge in [-0.1, -0.05) is 73.7 Å². The molecule has 1 aromatic heterocycles. The second-order valence-corrected chi connectivity index (χ2v) is 8.50. The lowest BCUT2D eigenvalue weighted by Gasteiger charge is -2.20. The Morgan fingerprint density at radius 2 is 1.67 bits per heavy atom. The van der Waals surface area contributed by atoms with Crippen molar-refractivity contribution in [2.45, 2.75) is 31.8 Å². The molecule has 0 aliphatic carbocycles. The van der Waals surface area contributed by atoms with Crippen molar-refractivity contribution in [3.63, 3.8) is 0 Å². The zero-order valence-corrected chi connectivity index (χ0v) is 20.2. The number of benzene rings is 3. The Kier molecular flexibility index (Phi) is 8.31. The Hall–Kier alpha value is -4.17. The fourth-order valence-corrected chi connectivity index (χ4v) is 3.84. The van der Waals surface area contributed by atoms with Gasteiger partial charge < -0.3 is 21.7 Å². The number of aromatic nitrogens is 2. The van der Waals surface area contributed by atoms with Gasteiger partial charge in [0.1, 0.15) is 13.7 Å². The number of hydrogen-bond acceptors (Lipinski definition) is 6. The van der Waals surface area contributed by atoms with E-state index in [-0.39, 0.29) is 11.9 Å². The first-order valence-electron chi connectivity index (χ1n) is 11.9. The summed E-state index contributed by atoms with van der Waals surface area (Å²) in [4.78, 5) is 21.5. The minimum absolute atomic E-state index is 0.0647. The molecule has 5 N–H and O–H groups in total. The molecule has 0 spiro atoms. The summed E-state index contributed by atoms with van der Waals surface area (Å²) in [7, 11) is 6.15.